The van der Waals surface area contributed by atoms with Gasteiger partial charge in [-0.15, -0.1) is 12.4 Å². The van der Waals surface area contributed by atoms with Gasteiger partial charge in [-0.2, -0.15) is 0 Å². The van der Waals surface area contributed by atoms with Crippen LogP contribution in [0.5, 0.6) is 0 Å². The van der Waals surface area contributed by atoms with E-state index in [9.17, 15) is 12.8 Å². The van der Waals surface area contributed by atoms with Crippen molar-refractivity contribution in [2.75, 3.05) is 0 Å². The lowest BCUT2D eigenvalue weighted by Crippen LogP contribution is -2.24. The molecule has 130 valence electrons. The molecule has 2 N–H and O–H groups in total. The molecule has 0 unspecified atom stereocenters. The Kier molecular flexibility index (Phi) is 6.04. The molecule has 24 heavy (non-hydrogen) atoms. The van der Waals surface area contributed by atoms with E-state index in [-0.39, 0.29) is 28.3 Å². The fourth-order valence-electron chi connectivity index (χ4n) is 2.63. The second kappa shape index (κ2) is 7.49. The van der Waals surface area contributed by atoms with Gasteiger partial charge in [0.1, 0.15) is 5.82 Å². The van der Waals surface area contributed by atoms with E-state index in [4.69, 9.17) is 0 Å². The number of fused-ring (bicyclic) bond motifs is 1. The van der Waals surface area contributed by atoms with E-state index in [1.165, 1.54) is 23.3 Å². The van der Waals surface area contributed by atoms with E-state index in [0.717, 1.165) is 18.7 Å². The van der Waals surface area contributed by atoms with Crippen LogP contribution >= 0.6 is 28.3 Å². The van der Waals surface area contributed by atoms with Gasteiger partial charge in [0.05, 0.1) is 9.37 Å². The first-order chi connectivity index (χ1) is 10.9. The quantitative estimate of drug-likeness (QED) is 0.774. The number of sulfonamides is 1. The van der Waals surface area contributed by atoms with Crippen LogP contribution in [0.4, 0.5) is 4.39 Å². The van der Waals surface area contributed by atoms with Crippen LogP contribution in [0.3, 0.4) is 0 Å². The molecule has 1 heterocycles. The third-order valence-electron chi connectivity index (χ3n) is 3.88. The molecule has 0 aliphatic carbocycles. The van der Waals surface area contributed by atoms with Gasteiger partial charge >= 0.3 is 0 Å². The predicted molar refractivity (Wildman–Crippen MR) is 97.1 cm³/mol. The van der Waals surface area contributed by atoms with Crippen molar-refractivity contribution in [1.82, 2.24) is 10.0 Å². The fourth-order valence-corrected chi connectivity index (χ4v) is 4.39. The van der Waals surface area contributed by atoms with Crippen LogP contribution in [-0.2, 0) is 29.7 Å². The Labute approximate surface area is 155 Å². The molecule has 4 nitrogen and oxygen atoms in total. The van der Waals surface area contributed by atoms with Gasteiger partial charge in [-0.1, -0.05) is 18.2 Å². The molecule has 0 spiro atoms. The molecular formula is C16H17BrClFN2O2S. The molecule has 0 saturated heterocycles. The Bertz CT molecular complexity index is 875. The number of hydrogen-bond acceptors (Lipinski definition) is 3. The molecule has 2 aromatic carbocycles. The molecule has 8 heteroatoms. The lowest BCUT2D eigenvalue weighted by molar-refractivity contribution is 0.579. The highest BCUT2D eigenvalue weighted by atomic mass is 79.9. The SMILES string of the molecule is Cc1cc(F)c(Br)cc1S(=O)(=O)NCc1ccc2c(c1)CNC2.Cl. The maximum Gasteiger partial charge on any atom is 0.241 e. The van der Waals surface area contributed by atoms with Crippen molar-refractivity contribution in [3.05, 3.63) is 62.9 Å². The Balaban J connectivity index is 0.00000208. The number of rotatable bonds is 4. The highest BCUT2D eigenvalue weighted by Gasteiger charge is 2.19. The normalized spacial score (nSPS) is 13.5. The van der Waals surface area contributed by atoms with Gasteiger partial charge in [0, 0.05) is 19.6 Å². The minimum atomic E-state index is -3.70. The third-order valence-corrected chi connectivity index (χ3v) is 6.03. The monoisotopic (exact) mass is 434 g/mol. The first kappa shape index (κ1) is 19.3. The number of halogens is 3. The lowest BCUT2D eigenvalue weighted by Gasteiger charge is -2.11. The Morgan fingerprint density at radius 2 is 1.92 bits per heavy atom. The predicted octanol–water partition coefficient (Wildman–Crippen LogP) is 3.40. The summed E-state index contributed by atoms with van der Waals surface area (Å²) >= 11 is 3.03. The van der Waals surface area contributed by atoms with E-state index in [1.807, 2.05) is 18.2 Å². The van der Waals surface area contributed by atoms with E-state index in [0.29, 0.717) is 5.56 Å². The Hall–Kier alpha value is -0.990. The molecule has 3 rings (SSSR count). The van der Waals surface area contributed by atoms with Gasteiger partial charge in [0.25, 0.3) is 0 Å². The zero-order valence-corrected chi connectivity index (χ0v) is 16.1. The molecule has 0 bridgehead atoms. The second-order valence-corrected chi connectivity index (χ2v) is 8.15. The number of aryl methyl sites for hydroxylation is 1. The summed E-state index contributed by atoms with van der Waals surface area (Å²) in [5.74, 6) is -0.479. The molecule has 0 radical (unpaired) electrons. The molecule has 0 aromatic heterocycles. The van der Waals surface area contributed by atoms with Crippen molar-refractivity contribution in [1.29, 1.82) is 0 Å². The number of nitrogens with one attached hydrogen (secondary N) is 2. The molecule has 0 amide bonds. The first-order valence-corrected chi connectivity index (χ1v) is 9.41. The summed E-state index contributed by atoms with van der Waals surface area (Å²) in [6, 6.07) is 8.44. The standard InChI is InChI=1S/C16H16BrFN2O2S.ClH/c1-10-4-15(18)14(17)6-16(10)23(21,22)20-7-11-2-3-12-8-19-9-13(12)5-11;/h2-6,19-20H,7-9H2,1H3;1H. The van der Waals surface area contributed by atoms with E-state index in [1.54, 1.807) is 6.92 Å². The summed E-state index contributed by atoms with van der Waals surface area (Å²) in [4.78, 5) is 0.0774. The van der Waals surface area contributed by atoms with Gasteiger partial charge in [-0.3, -0.25) is 0 Å². The smallest absolute Gasteiger partial charge is 0.241 e. The zero-order chi connectivity index (χ0) is 16.6. The third kappa shape index (κ3) is 3.97. The van der Waals surface area contributed by atoms with Gasteiger partial charge in [0.15, 0.2) is 0 Å². The van der Waals surface area contributed by atoms with Crippen LogP contribution < -0.4 is 10.0 Å². The Morgan fingerprint density at radius 3 is 2.67 bits per heavy atom. The molecule has 2 aromatic rings. The molecule has 1 aliphatic heterocycles. The number of hydrogen-bond donors (Lipinski definition) is 2. The molecule has 0 saturated carbocycles. The summed E-state index contributed by atoms with van der Waals surface area (Å²) in [7, 11) is -3.70. The maximum absolute atomic E-state index is 13.5. The number of benzene rings is 2. The van der Waals surface area contributed by atoms with Crippen molar-refractivity contribution in [2.45, 2.75) is 31.5 Å². The van der Waals surface area contributed by atoms with Gasteiger partial charge in [-0.05, 0) is 57.2 Å². The highest BCUT2D eigenvalue weighted by molar-refractivity contribution is 9.10. The maximum atomic E-state index is 13.5. The minimum Gasteiger partial charge on any atom is -0.309 e. The highest BCUT2D eigenvalue weighted by Crippen LogP contribution is 2.24. The molecular weight excluding hydrogens is 419 g/mol. The summed E-state index contributed by atoms with van der Waals surface area (Å²) in [6.45, 7) is 3.43. The molecule has 0 atom stereocenters. The van der Waals surface area contributed by atoms with Crippen LogP contribution in [0.2, 0.25) is 0 Å². The zero-order valence-electron chi connectivity index (χ0n) is 12.9. The summed E-state index contributed by atoms with van der Waals surface area (Å²) in [5.41, 5.74) is 3.71. The van der Waals surface area contributed by atoms with Crippen molar-refractivity contribution in [3.8, 4) is 0 Å². The van der Waals surface area contributed by atoms with E-state index < -0.39 is 15.8 Å². The van der Waals surface area contributed by atoms with Crippen molar-refractivity contribution >= 4 is 38.4 Å². The Morgan fingerprint density at radius 1 is 1.21 bits per heavy atom. The van der Waals surface area contributed by atoms with Crippen LogP contribution in [0.1, 0.15) is 22.3 Å². The molecule has 0 fully saturated rings. The van der Waals surface area contributed by atoms with Crippen LogP contribution in [0, 0.1) is 12.7 Å². The van der Waals surface area contributed by atoms with Crippen LogP contribution in [0.25, 0.3) is 0 Å². The lowest BCUT2D eigenvalue weighted by atomic mass is 10.1. The van der Waals surface area contributed by atoms with E-state index >= 15 is 0 Å². The van der Waals surface area contributed by atoms with Gasteiger partial charge in [0.2, 0.25) is 10.0 Å². The van der Waals surface area contributed by atoms with Crippen molar-refractivity contribution in [2.24, 2.45) is 0 Å². The summed E-state index contributed by atoms with van der Waals surface area (Å²) < 4.78 is 41.1. The topological polar surface area (TPSA) is 58.2 Å². The van der Waals surface area contributed by atoms with Crippen molar-refractivity contribution in [3.63, 3.8) is 0 Å². The van der Waals surface area contributed by atoms with E-state index in [2.05, 4.69) is 26.0 Å². The van der Waals surface area contributed by atoms with Crippen molar-refractivity contribution < 1.29 is 12.8 Å². The van der Waals surface area contributed by atoms with Crippen LogP contribution in [0.15, 0.2) is 39.7 Å². The average molecular weight is 436 g/mol. The first-order valence-electron chi connectivity index (χ1n) is 7.13. The van der Waals surface area contributed by atoms with Gasteiger partial charge < -0.3 is 5.32 Å². The summed E-state index contributed by atoms with van der Waals surface area (Å²) in [6.07, 6.45) is 0. The molecule has 1 aliphatic rings. The second-order valence-electron chi connectivity index (χ2n) is 5.56. The summed E-state index contributed by atoms with van der Waals surface area (Å²) in [5, 5.41) is 3.25. The van der Waals surface area contributed by atoms with Gasteiger partial charge in [-0.25, -0.2) is 17.5 Å². The van der Waals surface area contributed by atoms with Crippen LogP contribution in [-0.4, -0.2) is 8.42 Å². The largest absolute Gasteiger partial charge is 0.309 e. The minimum absolute atomic E-state index is 0. The fraction of sp³-hybridized carbons (Fsp3) is 0.250. The average Bonchev–Trinajstić information content (AvgIpc) is 2.96.